The molecule has 0 atom stereocenters. The van der Waals surface area contributed by atoms with Crippen molar-refractivity contribution in [3.63, 3.8) is 0 Å². The lowest BCUT2D eigenvalue weighted by atomic mass is 10.3. The number of rotatable bonds is 4. The largest absolute Gasteiger partial charge is 0.421 e. The fraction of sp³-hybridized carbons (Fsp3) is 0.182. The van der Waals surface area contributed by atoms with Gasteiger partial charge in [-0.2, -0.15) is 19.3 Å². The van der Waals surface area contributed by atoms with Gasteiger partial charge in [0.05, 0.1) is 0 Å². The van der Waals surface area contributed by atoms with Gasteiger partial charge >= 0.3 is 6.01 Å². The molecule has 0 unspecified atom stereocenters. The molecule has 0 saturated carbocycles. The van der Waals surface area contributed by atoms with Crippen molar-refractivity contribution in [1.82, 2.24) is 15.0 Å². The van der Waals surface area contributed by atoms with E-state index in [4.69, 9.17) is 10.6 Å². The van der Waals surface area contributed by atoms with Crippen molar-refractivity contribution in [2.75, 3.05) is 24.4 Å². The summed E-state index contributed by atoms with van der Waals surface area (Å²) in [5, 5.41) is 0. The third kappa shape index (κ3) is 3.52. The van der Waals surface area contributed by atoms with Gasteiger partial charge in [-0.05, 0) is 12.1 Å². The minimum Gasteiger partial charge on any atom is -0.421 e. The summed E-state index contributed by atoms with van der Waals surface area (Å²) >= 11 is 3.05. The molecular weight excluding hydrogens is 350 g/mol. The first-order valence-corrected chi connectivity index (χ1v) is 6.42. The van der Waals surface area contributed by atoms with Crippen molar-refractivity contribution in [3.8, 4) is 11.8 Å². The predicted octanol–water partition coefficient (Wildman–Crippen LogP) is 2.06. The van der Waals surface area contributed by atoms with E-state index >= 15 is 0 Å². The summed E-state index contributed by atoms with van der Waals surface area (Å²) in [6.45, 7) is 0. The van der Waals surface area contributed by atoms with Crippen LogP contribution in [-0.2, 0) is 0 Å². The third-order valence-corrected chi connectivity index (χ3v) is 2.75. The van der Waals surface area contributed by atoms with Gasteiger partial charge in [-0.3, -0.25) is 5.43 Å². The van der Waals surface area contributed by atoms with E-state index in [1.54, 1.807) is 19.0 Å². The van der Waals surface area contributed by atoms with Gasteiger partial charge < -0.3 is 9.64 Å². The van der Waals surface area contributed by atoms with Crippen LogP contribution in [0.25, 0.3) is 0 Å². The van der Waals surface area contributed by atoms with E-state index in [1.807, 2.05) is 0 Å². The maximum atomic E-state index is 13.7. The molecule has 1 heterocycles. The molecule has 0 aliphatic rings. The first kappa shape index (κ1) is 15.3. The van der Waals surface area contributed by atoms with Gasteiger partial charge in [0, 0.05) is 18.6 Å². The number of halogens is 3. The number of nitrogens with two attached hydrogens (primary N) is 1. The third-order valence-electron chi connectivity index (χ3n) is 2.29. The molecule has 3 N–H and O–H groups in total. The molecule has 10 heteroatoms. The maximum Gasteiger partial charge on any atom is 0.328 e. The second-order valence-electron chi connectivity index (χ2n) is 4.08. The zero-order chi connectivity index (χ0) is 15.6. The Balaban J connectivity index is 2.41. The number of anilines is 2. The van der Waals surface area contributed by atoms with E-state index in [0.29, 0.717) is 4.47 Å². The normalized spacial score (nSPS) is 10.4. The average Bonchev–Trinajstić information content (AvgIpc) is 2.43. The standard InChI is InChI=1S/C11H11BrF2N6O/c1-20(2)10-16-9(19-15)17-11(18-10)21-7-4-5(12)3-6(13)8(7)14/h3-4H,15H2,1-2H3,(H,16,17,18,19). The molecule has 2 aromatic rings. The molecule has 21 heavy (non-hydrogen) atoms. The first-order chi connectivity index (χ1) is 9.90. The highest BCUT2D eigenvalue weighted by Crippen LogP contribution is 2.28. The Morgan fingerprint density at radius 3 is 2.57 bits per heavy atom. The molecular formula is C11H11BrF2N6O. The molecule has 1 aromatic heterocycles. The van der Waals surface area contributed by atoms with Gasteiger partial charge in [0.15, 0.2) is 11.6 Å². The van der Waals surface area contributed by atoms with Gasteiger partial charge in [0.25, 0.3) is 0 Å². The lowest BCUT2D eigenvalue weighted by molar-refractivity contribution is 0.392. The van der Waals surface area contributed by atoms with Crippen LogP contribution in [0.15, 0.2) is 16.6 Å². The van der Waals surface area contributed by atoms with Crippen LogP contribution >= 0.6 is 15.9 Å². The van der Waals surface area contributed by atoms with E-state index in [0.717, 1.165) is 6.07 Å². The lowest BCUT2D eigenvalue weighted by Crippen LogP contribution is -2.17. The molecule has 7 nitrogen and oxygen atoms in total. The molecule has 0 fully saturated rings. The fourth-order valence-corrected chi connectivity index (χ4v) is 1.77. The molecule has 112 valence electrons. The molecule has 0 aliphatic carbocycles. The SMILES string of the molecule is CN(C)c1nc(NN)nc(Oc2cc(Br)cc(F)c2F)n1. The molecule has 0 spiro atoms. The van der Waals surface area contributed by atoms with E-state index in [-0.39, 0.29) is 23.7 Å². The monoisotopic (exact) mass is 360 g/mol. The summed E-state index contributed by atoms with van der Waals surface area (Å²) in [5.74, 6) is 2.94. The van der Waals surface area contributed by atoms with Crippen LogP contribution in [-0.4, -0.2) is 29.0 Å². The van der Waals surface area contributed by atoms with Crippen molar-refractivity contribution in [2.45, 2.75) is 0 Å². The number of aromatic nitrogens is 3. The lowest BCUT2D eigenvalue weighted by Gasteiger charge is -2.13. The Labute approximate surface area is 127 Å². The van der Waals surface area contributed by atoms with Crippen LogP contribution < -0.4 is 20.9 Å². The Morgan fingerprint density at radius 2 is 1.95 bits per heavy atom. The number of hydrogen-bond acceptors (Lipinski definition) is 7. The Bertz CT molecular complexity index is 669. The van der Waals surface area contributed by atoms with E-state index < -0.39 is 11.6 Å². The van der Waals surface area contributed by atoms with E-state index in [2.05, 4.69) is 36.3 Å². The molecule has 2 rings (SSSR count). The number of hydrazine groups is 1. The summed E-state index contributed by atoms with van der Waals surface area (Å²) < 4.78 is 32.5. The predicted molar refractivity (Wildman–Crippen MR) is 76.1 cm³/mol. The molecule has 0 saturated heterocycles. The van der Waals surface area contributed by atoms with Crippen LogP contribution in [0.2, 0.25) is 0 Å². The van der Waals surface area contributed by atoms with Crippen molar-refractivity contribution in [2.24, 2.45) is 5.84 Å². The minimum absolute atomic E-state index is 0.0274. The summed E-state index contributed by atoms with van der Waals surface area (Å²) in [5.41, 5.74) is 2.24. The quantitative estimate of drug-likeness (QED) is 0.490. The second kappa shape index (κ2) is 6.14. The maximum absolute atomic E-state index is 13.7. The molecule has 0 radical (unpaired) electrons. The number of hydrogen-bond donors (Lipinski definition) is 2. The van der Waals surface area contributed by atoms with Gasteiger partial charge in [-0.15, -0.1) is 0 Å². The average molecular weight is 361 g/mol. The van der Waals surface area contributed by atoms with Crippen LogP contribution in [0.5, 0.6) is 11.8 Å². The number of nitrogens with one attached hydrogen (secondary N) is 1. The molecule has 0 amide bonds. The highest BCUT2D eigenvalue weighted by molar-refractivity contribution is 9.10. The summed E-state index contributed by atoms with van der Waals surface area (Å²) in [6.07, 6.45) is 0. The number of nitrogens with zero attached hydrogens (tertiary/aromatic N) is 4. The molecule has 0 aliphatic heterocycles. The van der Waals surface area contributed by atoms with Crippen LogP contribution in [0, 0.1) is 11.6 Å². The van der Waals surface area contributed by atoms with Gasteiger partial charge in [0.2, 0.25) is 17.7 Å². The van der Waals surface area contributed by atoms with Crippen LogP contribution in [0.3, 0.4) is 0 Å². The highest BCUT2D eigenvalue weighted by atomic mass is 79.9. The summed E-state index contributed by atoms with van der Waals surface area (Å²) in [4.78, 5) is 13.3. The fourth-order valence-electron chi connectivity index (χ4n) is 1.36. The van der Waals surface area contributed by atoms with Crippen molar-refractivity contribution in [3.05, 3.63) is 28.2 Å². The van der Waals surface area contributed by atoms with Crippen molar-refractivity contribution < 1.29 is 13.5 Å². The molecule has 0 bridgehead atoms. The van der Waals surface area contributed by atoms with Gasteiger partial charge in [0.1, 0.15) is 0 Å². The van der Waals surface area contributed by atoms with Crippen molar-refractivity contribution in [1.29, 1.82) is 0 Å². The first-order valence-electron chi connectivity index (χ1n) is 5.63. The number of ether oxygens (including phenoxy) is 1. The second-order valence-corrected chi connectivity index (χ2v) is 5.00. The van der Waals surface area contributed by atoms with Gasteiger partial charge in [-0.25, -0.2) is 10.2 Å². The van der Waals surface area contributed by atoms with Crippen LogP contribution in [0.1, 0.15) is 0 Å². The highest BCUT2D eigenvalue weighted by Gasteiger charge is 2.15. The summed E-state index contributed by atoms with van der Waals surface area (Å²) in [7, 11) is 3.39. The van der Waals surface area contributed by atoms with E-state index in [9.17, 15) is 8.78 Å². The Hall–Kier alpha value is -2.07. The number of nitrogen functional groups attached to an aromatic ring is 1. The van der Waals surface area contributed by atoms with Crippen LogP contribution in [0.4, 0.5) is 20.7 Å². The van der Waals surface area contributed by atoms with Crippen molar-refractivity contribution >= 4 is 27.8 Å². The zero-order valence-corrected chi connectivity index (χ0v) is 12.6. The zero-order valence-electron chi connectivity index (χ0n) is 11.1. The smallest absolute Gasteiger partial charge is 0.328 e. The summed E-state index contributed by atoms with van der Waals surface area (Å²) in [6, 6.07) is 2.01. The van der Waals surface area contributed by atoms with Gasteiger partial charge in [-0.1, -0.05) is 15.9 Å². The van der Waals surface area contributed by atoms with E-state index in [1.165, 1.54) is 6.07 Å². The topological polar surface area (TPSA) is 89.2 Å². The molecule has 1 aromatic carbocycles. The Morgan fingerprint density at radius 1 is 1.24 bits per heavy atom. The minimum atomic E-state index is -1.15. The Kier molecular flexibility index (Phi) is 4.48. The number of benzene rings is 1.